The van der Waals surface area contributed by atoms with Gasteiger partial charge in [0.05, 0.1) is 11.4 Å². The molecular formula is C46H31NO. The molecule has 0 unspecified atom stereocenters. The maximum atomic E-state index is 6.34. The fourth-order valence-electron chi connectivity index (χ4n) is 7.00. The number of rotatable bonds is 6. The minimum Gasteiger partial charge on any atom is -0.456 e. The molecule has 2 nitrogen and oxygen atoms in total. The lowest BCUT2D eigenvalue weighted by atomic mass is 9.95. The molecule has 1 aromatic heterocycles. The van der Waals surface area contributed by atoms with E-state index in [1.807, 2.05) is 12.1 Å². The van der Waals surface area contributed by atoms with E-state index in [9.17, 15) is 0 Å². The summed E-state index contributed by atoms with van der Waals surface area (Å²) in [5, 5.41) is 4.72. The zero-order valence-corrected chi connectivity index (χ0v) is 26.3. The summed E-state index contributed by atoms with van der Waals surface area (Å²) in [4.78, 5) is 2.41. The number of benzene rings is 8. The second-order valence-corrected chi connectivity index (χ2v) is 12.1. The topological polar surface area (TPSA) is 16.4 Å². The summed E-state index contributed by atoms with van der Waals surface area (Å²) in [5.74, 6) is 0. The van der Waals surface area contributed by atoms with Crippen LogP contribution in [0.1, 0.15) is 0 Å². The molecule has 0 bridgehead atoms. The van der Waals surface area contributed by atoms with Crippen LogP contribution in [0.3, 0.4) is 0 Å². The molecule has 0 amide bonds. The van der Waals surface area contributed by atoms with Gasteiger partial charge in [0, 0.05) is 27.6 Å². The minimum atomic E-state index is 0.887. The molecule has 0 N–H and O–H groups in total. The van der Waals surface area contributed by atoms with Crippen LogP contribution < -0.4 is 4.90 Å². The van der Waals surface area contributed by atoms with Crippen molar-refractivity contribution in [2.75, 3.05) is 4.90 Å². The van der Waals surface area contributed by atoms with Crippen LogP contribution in [0.15, 0.2) is 192 Å². The van der Waals surface area contributed by atoms with E-state index >= 15 is 0 Å². The van der Waals surface area contributed by atoms with Gasteiger partial charge < -0.3 is 9.32 Å². The molecule has 8 aromatic carbocycles. The number of hydrogen-bond acceptors (Lipinski definition) is 2. The molecule has 0 saturated carbocycles. The summed E-state index contributed by atoms with van der Waals surface area (Å²) in [6, 6.07) is 67.0. The molecule has 226 valence electrons. The highest BCUT2D eigenvalue weighted by atomic mass is 16.3. The average molecular weight is 614 g/mol. The molecule has 0 spiro atoms. The predicted molar refractivity (Wildman–Crippen MR) is 202 cm³/mol. The van der Waals surface area contributed by atoms with Gasteiger partial charge in [-0.3, -0.25) is 0 Å². The third-order valence-electron chi connectivity index (χ3n) is 9.29. The number of anilines is 3. The van der Waals surface area contributed by atoms with Gasteiger partial charge in [0.2, 0.25) is 0 Å². The molecule has 0 fully saturated rings. The van der Waals surface area contributed by atoms with E-state index in [1.54, 1.807) is 0 Å². The Morgan fingerprint density at radius 1 is 0.333 bits per heavy atom. The highest BCUT2D eigenvalue weighted by molar-refractivity contribution is 6.07. The maximum Gasteiger partial charge on any atom is 0.136 e. The smallest absolute Gasteiger partial charge is 0.136 e. The Labute approximate surface area is 279 Å². The zero-order valence-electron chi connectivity index (χ0n) is 26.3. The largest absolute Gasteiger partial charge is 0.456 e. The first-order chi connectivity index (χ1) is 23.8. The Balaban J connectivity index is 1.26. The summed E-state index contributed by atoms with van der Waals surface area (Å²) in [7, 11) is 0. The number of fused-ring (bicyclic) bond motifs is 4. The first kappa shape index (κ1) is 27.9. The van der Waals surface area contributed by atoms with E-state index in [0.29, 0.717) is 0 Å². The van der Waals surface area contributed by atoms with Gasteiger partial charge in [-0.05, 0) is 75.5 Å². The summed E-state index contributed by atoms with van der Waals surface area (Å²) < 4.78 is 6.34. The maximum absolute atomic E-state index is 6.34. The molecule has 9 aromatic rings. The van der Waals surface area contributed by atoms with E-state index in [-0.39, 0.29) is 0 Å². The molecule has 0 aliphatic carbocycles. The summed E-state index contributed by atoms with van der Waals surface area (Å²) in [6.45, 7) is 0. The van der Waals surface area contributed by atoms with Gasteiger partial charge in [-0.2, -0.15) is 0 Å². The van der Waals surface area contributed by atoms with E-state index in [1.165, 1.54) is 33.0 Å². The van der Waals surface area contributed by atoms with Crippen molar-refractivity contribution in [3.63, 3.8) is 0 Å². The van der Waals surface area contributed by atoms with Crippen molar-refractivity contribution in [2.24, 2.45) is 0 Å². The fraction of sp³-hybridized carbons (Fsp3) is 0. The Hall–Kier alpha value is -6.38. The van der Waals surface area contributed by atoms with E-state index < -0.39 is 0 Å². The van der Waals surface area contributed by atoms with Gasteiger partial charge in [0.1, 0.15) is 11.2 Å². The van der Waals surface area contributed by atoms with Gasteiger partial charge in [0.15, 0.2) is 0 Å². The Morgan fingerprint density at radius 3 is 1.73 bits per heavy atom. The standard InChI is InChI=1S/C46H31NO/c1-2-13-32(14-3-1)33-25-28-36(29-26-33)47(44-23-10-7-19-40(44)39-21-12-16-34-15-4-5-17-37(34)39)43-22-9-6-18-38(43)35-27-30-42-41-20-8-11-24-45(41)48-46(42)31-35/h1-31H. The Bertz CT molecular complexity index is 2560. The lowest BCUT2D eigenvalue weighted by Gasteiger charge is -2.30. The highest BCUT2D eigenvalue weighted by Crippen LogP contribution is 2.46. The van der Waals surface area contributed by atoms with Crippen LogP contribution in [-0.2, 0) is 0 Å². The van der Waals surface area contributed by atoms with Crippen molar-refractivity contribution in [1.29, 1.82) is 0 Å². The van der Waals surface area contributed by atoms with Crippen molar-refractivity contribution in [2.45, 2.75) is 0 Å². The second kappa shape index (κ2) is 11.8. The van der Waals surface area contributed by atoms with Crippen molar-refractivity contribution >= 4 is 49.8 Å². The molecule has 0 aliphatic heterocycles. The van der Waals surface area contributed by atoms with Crippen LogP contribution in [0.25, 0.3) is 66.1 Å². The summed E-state index contributed by atoms with van der Waals surface area (Å²) >= 11 is 0. The molecule has 2 heteroatoms. The summed E-state index contributed by atoms with van der Waals surface area (Å²) in [5.41, 5.74) is 12.1. The molecule has 9 rings (SSSR count). The Morgan fingerprint density at radius 2 is 0.896 bits per heavy atom. The fourth-order valence-corrected chi connectivity index (χ4v) is 7.00. The van der Waals surface area contributed by atoms with Crippen LogP contribution in [0.2, 0.25) is 0 Å². The van der Waals surface area contributed by atoms with Crippen molar-refractivity contribution in [3.8, 4) is 33.4 Å². The van der Waals surface area contributed by atoms with Gasteiger partial charge >= 0.3 is 0 Å². The zero-order chi connectivity index (χ0) is 31.9. The molecule has 1 heterocycles. The van der Waals surface area contributed by atoms with Crippen molar-refractivity contribution < 1.29 is 4.42 Å². The molecular weight excluding hydrogens is 583 g/mol. The highest BCUT2D eigenvalue weighted by Gasteiger charge is 2.21. The van der Waals surface area contributed by atoms with Crippen LogP contribution in [-0.4, -0.2) is 0 Å². The third-order valence-corrected chi connectivity index (χ3v) is 9.29. The molecule has 48 heavy (non-hydrogen) atoms. The minimum absolute atomic E-state index is 0.887. The normalized spacial score (nSPS) is 11.3. The Kier molecular flexibility index (Phi) is 6.84. The van der Waals surface area contributed by atoms with Crippen molar-refractivity contribution in [1.82, 2.24) is 0 Å². The first-order valence-corrected chi connectivity index (χ1v) is 16.4. The van der Waals surface area contributed by atoms with E-state index in [2.05, 4.69) is 181 Å². The van der Waals surface area contributed by atoms with E-state index in [0.717, 1.165) is 50.1 Å². The van der Waals surface area contributed by atoms with E-state index in [4.69, 9.17) is 4.42 Å². The number of para-hydroxylation sites is 3. The molecule has 0 atom stereocenters. The third kappa shape index (κ3) is 4.83. The van der Waals surface area contributed by atoms with Gasteiger partial charge in [0.25, 0.3) is 0 Å². The number of hydrogen-bond donors (Lipinski definition) is 0. The molecule has 0 radical (unpaired) electrons. The first-order valence-electron chi connectivity index (χ1n) is 16.4. The predicted octanol–water partition coefficient (Wildman–Crippen LogP) is 13.2. The van der Waals surface area contributed by atoms with Gasteiger partial charge in [-0.25, -0.2) is 0 Å². The van der Waals surface area contributed by atoms with Crippen LogP contribution in [0.4, 0.5) is 17.1 Å². The van der Waals surface area contributed by atoms with Crippen molar-refractivity contribution in [3.05, 3.63) is 188 Å². The molecule has 0 saturated heterocycles. The van der Waals surface area contributed by atoms with Crippen LogP contribution >= 0.6 is 0 Å². The van der Waals surface area contributed by atoms with Gasteiger partial charge in [-0.15, -0.1) is 0 Å². The SMILES string of the molecule is c1ccc(-c2ccc(N(c3ccccc3-c3ccc4c(c3)oc3ccccc34)c3ccccc3-c3cccc4ccccc34)cc2)cc1. The van der Waals surface area contributed by atoms with Crippen LogP contribution in [0, 0.1) is 0 Å². The number of furan rings is 1. The summed E-state index contributed by atoms with van der Waals surface area (Å²) in [6.07, 6.45) is 0. The quantitative estimate of drug-likeness (QED) is 0.185. The lowest BCUT2D eigenvalue weighted by molar-refractivity contribution is 0.669. The second-order valence-electron chi connectivity index (χ2n) is 12.1. The monoisotopic (exact) mass is 613 g/mol. The number of nitrogens with zero attached hydrogens (tertiary/aromatic N) is 1. The van der Waals surface area contributed by atoms with Gasteiger partial charge in [-0.1, -0.05) is 146 Å². The average Bonchev–Trinajstić information content (AvgIpc) is 3.54. The molecule has 0 aliphatic rings. The van der Waals surface area contributed by atoms with Crippen LogP contribution in [0.5, 0.6) is 0 Å². The lowest BCUT2D eigenvalue weighted by Crippen LogP contribution is -2.12.